The maximum atomic E-state index is 12.4. The van der Waals surface area contributed by atoms with E-state index in [2.05, 4.69) is 5.32 Å². The van der Waals surface area contributed by atoms with Crippen molar-refractivity contribution in [3.05, 3.63) is 84.4 Å². The monoisotopic (exact) mass is 418 g/mol. The Kier molecular flexibility index (Phi) is 7.65. The molecule has 0 saturated carbocycles. The Morgan fingerprint density at radius 2 is 1.45 bits per heavy atom. The van der Waals surface area contributed by atoms with Gasteiger partial charge in [-0.3, -0.25) is 9.59 Å². The number of rotatable bonds is 9. The fourth-order valence-electron chi connectivity index (χ4n) is 3.00. The van der Waals surface area contributed by atoms with Crippen molar-refractivity contribution in [3.63, 3.8) is 0 Å². The third kappa shape index (κ3) is 6.09. The second-order valence-electron chi connectivity index (χ2n) is 6.75. The zero-order chi connectivity index (χ0) is 22.1. The summed E-state index contributed by atoms with van der Waals surface area (Å²) in [5, 5.41) is 2.81. The number of anilines is 1. The van der Waals surface area contributed by atoms with Gasteiger partial charge in [0.1, 0.15) is 11.5 Å². The van der Waals surface area contributed by atoms with Gasteiger partial charge < -0.3 is 19.7 Å². The summed E-state index contributed by atoms with van der Waals surface area (Å²) in [7, 11) is 0. The van der Waals surface area contributed by atoms with Crippen LogP contribution in [-0.2, 0) is 4.79 Å². The van der Waals surface area contributed by atoms with Crippen molar-refractivity contribution < 1.29 is 19.1 Å². The third-order valence-corrected chi connectivity index (χ3v) is 4.65. The highest BCUT2D eigenvalue weighted by Gasteiger charge is 2.13. The molecule has 0 heterocycles. The quantitative estimate of drug-likeness (QED) is 0.532. The minimum atomic E-state index is -0.313. The predicted octanol–water partition coefficient (Wildman–Crippen LogP) is 4.98. The van der Waals surface area contributed by atoms with Crippen LogP contribution in [0.15, 0.2) is 78.9 Å². The molecule has 160 valence electrons. The van der Waals surface area contributed by atoms with Gasteiger partial charge in [-0.15, -0.1) is 0 Å². The highest BCUT2D eigenvalue weighted by atomic mass is 16.5. The lowest BCUT2D eigenvalue weighted by Gasteiger charge is -2.18. The van der Waals surface area contributed by atoms with Crippen LogP contribution >= 0.6 is 0 Å². The van der Waals surface area contributed by atoms with Crippen LogP contribution in [0.25, 0.3) is 0 Å². The molecular weight excluding hydrogens is 392 g/mol. The number of benzene rings is 3. The Hall–Kier alpha value is -3.80. The molecule has 2 amide bonds. The van der Waals surface area contributed by atoms with Gasteiger partial charge in [-0.1, -0.05) is 30.3 Å². The third-order valence-electron chi connectivity index (χ3n) is 4.65. The van der Waals surface area contributed by atoms with Crippen molar-refractivity contribution in [2.75, 3.05) is 25.0 Å². The fourth-order valence-corrected chi connectivity index (χ4v) is 3.00. The van der Waals surface area contributed by atoms with Crippen LogP contribution in [0, 0.1) is 0 Å². The number of amides is 2. The van der Waals surface area contributed by atoms with E-state index in [1.165, 1.54) is 0 Å². The van der Waals surface area contributed by atoms with Gasteiger partial charge in [0.15, 0.2) is 12.4 Å². The number of nitrogens with zero attached hydrogens (tertiary/aromatic N) is 1. The molecule has 0 radical (unpaired) electrons. The lowest BCUT2D eigenvalue weighted by Crippen LogP contribution is -2.30. The van der Waals surface area contributed by atoms with E-state index >= 15 is 0 Å². The lowest BCUT2D eigenvalue weighted by atomic mass is 10.2. The number of carbonyl (C=O) groups excluding carboxylic acids is 2. The highest BCUT2D eigenvalue weighted by molar-refractivity contribution is 5.94. The minimum absolute atomic E-state index is 0.0238. The van der Waals surface area contributed by atoms with Crippen LogP contribution in [0.1, 0.15) is 24.2 Å². The normalized spacial score (nSPS) is 10.3. The zero-order valence-corrected chi connectivity index (χ0v) is 17.7. The van der Waals surface area contributed by atoms with Gasteiger partial charge in [-0.25, -0.2) is 0 Å². The lowest BCUT2D eigenvalue weighted by molar-refractivity contribution is -0.118. The summed E-state index contributed by atoms with van der Waals surface area (Å²) in [5.74, 6) is 1.40. The summed E-state index contributed by atoms with van der Waals surface area (Å²) in [6, 6.07) is 23.4. The Balaban J connectivity index is 1.57. The molecule has 6 nitrogen and oxygen atoms in total. The molecule has 0 unspecified atom stereocenters. The molecule has 0 aliphatic carbocycles. The first-order valence-corrected chi connectivity index (χ1v) is 10.2. The molecule has 0 aromatic heterocycles. The molecule has 3 aromatic rings. The van der Waals surface area contributed by atoms with E-state index in [-0.39, 0.29) is 18.4 Å². The number of hydrogen-bond donors (Lipinski definition) is 1. The largest absolute Gasteiger partial charge is 0.484 e. The van der Waals surface area contributed by atoms with Crippen LogP contribution in [0.4, 0.5) is 5.69 Å². The molecule has 31 heavy (non-hydrogen) atoms. The van der Waals surface area contributed by atoms with E-state index < -0.39 is 0 Å². The Labute approximate surface area is 182 Å². The summed E-state index contributed by atoms with van der Waals surface area (Å²) in [5.41, 5.74) is 1.15. The molecule has 3 rings (SSSR count). The van der Waals surface area contributed by atoms with Crippen molar-refractivity contribution in [1.29, 1.82) is 0 Å². The molecule has 0 aliphatic heterocycles. The number of hydrogen-bond acceptors (Lipinski definition) is 4. The Morgan fingerprint density at radius 1 is 0.806 bits per heavy atom. The van der Waals surface area contributed by atoms with E-state index in [4.69, 9.17) is 9.47 Å². The van der Waals surface area contributed by atoms with Crippen LogP contribution in [0.3, 0.4) is 0 Å². The van der Waals surface area contributed by atoms with E-state index in [1.807, 2.05) is 56.3 Å². The predicted molar refractivity (Wildman–Crippen MR) is 121 cm³/mol. The maximum absolute atomic E-state index is 12.4. The molecule has 0 atom stereocenters. The first-order valence-electron chi connectivity index (χ1n) is 10.2. The van der Waals surface area contributed by atoms with Crippen molar-refractivity contribution >= 4 is 17.5 Å². The van der Waals surface area contributed by atoms with Gasteiger partial charge >= 0.3 is 0 Å². The van der Waals surface area contributed by atoms with Gasteiger partial charge in [0.05, 0.1) is 5.69 Å². The van der Waals surface area contributed by atoms with E-state index in [0.29, 0.717) is 41.6 Å². The minimum Gasteiger partial charge on any atom is -0.484 e. The number of ether oxygens (including phenoxy) is 2. The first-order chi connectivity index (χ1) is 15.1. The summed E-state index contributed by atoms with van der Waals surface area (Å²) in [4.78, 5) is 26.5. The second-order valence-corrected chi connectivity index (χ2v) is 6.75. The number of nitrogens with one attached hydrogen (secondary N) is 1. The maximum Gasteiger partial charge on any atom is 0.262 e. The first kappa shape index (κ1) is 21.9. The Morgan fingerprint density at radius 3 is 2.13 bits per heavy atom. The van der Waals surface area contributed by atoms with Gasteiger partial charge in [0, 0.05) is 18.7 Å². The molecule has 0 spiro atoms. The van der Waals surface area contributed by atoms with Crippen molar-refractivity contribution in [3.8, 4) is 17.2 Å². The van der Waals surface area contributed by atoms with E-state index in [1.54, 1.807) is 41.3 Å². The van der Waals surface area contributed by atoms with Crippen molar-refractivity contribution in [1.82, 2.24) is 4.90 Å². The standard InChI is InChI=1S/C25H26N2O4/c1-3-27(4-2)25(29)19-14-16-20(17-15-19)30-18-24(28)26-22-12-8-9-13-23(22)31-21-10-6-5-7-11-21/h5-17H,3-4,18H2,1-2H3,(H,26,28). The molecular formula is C25H26N2O4. The average Bonchev–Trinajstić information content (AvgIpc) is 2.81. The second kappa shape index (κ2) is 10.8. The molecule has 0 saturated heterocycles. The smallest absolute Gasteiger partial charge is 0.262 e. The molecule has 1 N–H and O–H groups in total. The van der Waals surface area contributed by atoms with Gasteiger partial charge in [-0.2, -0.15) is 0 Å². The van der Waals surface area contributed by atoms with Gasteiger partial charge in [0.25, 0.3) is 11.8 Å². The Bertz CT molecular complexity index is 1000. The van der Waals surface area contributed by atoms with Crippen molar-refractivity contribution in [2.24, 2.45) is 0 Å². The molecule has 0 fully saturated rings. The number of carbonyl (C=O) groups is 2. The van der Waals surface area contributed by atoms with Crippen LogP contribution in [0.5, 0.6) is 17.2 Å². The van der Waals surface area contributed by atoms with Gasteiger partial charge in [0.2, 0.25) is 0 Å². The van der Waals surface area contributed by atoms with E-state index in [0.717, 1.165) is 0 Å². The van der Waals surface area contributed by atoms with E-state index in [9.17, 15) is 9.59 Å². The fraction of sp³-hybridized carbons (Fsp3) is 0.200. The molecule has 0 aliphatic rings. The molecule has 6 heteroatoms. The van der Waals surface area contributed by atoms with Gasteiger partial charge in [-0.05, 0) is 62.4 Å². The summed E-state index contributed by atoms with van der Waals surface area (Å²) in [6.45, 7) is 5.04. The SMILES string of the molecule is CCN(CC)C(=O)c1ccc(OCC(=O)Nc2ccccc2Oc2ccccc2)cc1. The summed E-state index contributed by atoms with van der Waals surface area (Å²) < 4.78 is 11.4. The topological polar surface area (TPSA) is 67.9 Å². The summed E-state index contributed by atoms with van der Waals surface area (Å²) in [6.07, 6.45) is 0. The molecule has 3 aromatic carbocycles. The number of para-hydroxylation sites is 3. The van der Waals surface area contributed by atoms with Crippen LogP contribution in [0.2, 0.25) is 0 Å². The zero-order valence-electron chi connectivity index (χ0n) is 17.7. The highest BCUT2D eigenvalue weighted by Crippen LogP contribution is 2.29. The summed E-state index contributed by atoms with van der Waals surface area (Å²) >= 11 is 0. The average molecular weight is 418 g/mol. The van der Waals surface area contributed by atoms with Crippen LogP contribution in [-0.4, -0.2) is 36.4 Å². The van der Waals surface area contributed by atoms with Crippen molar-refractivity contribution in [2.45, 2.75) is 13.8 Å². The van der Waals surface area contributed by atoms with Crippen LogP contribution < -0.4 is 14.8 Å². The molecule has 0 bridgehead atoms.